The number of nitrogens with two attached hydrogens (primary N) is 1. The Morgan fingerprint density at radius 2 is 1.78 bits per heavy atom. The number of hydrogen-bond acceptors (Lipinski definition) is 3. The first-order valence-electron chi connectivity index (χ1n) is 7.43. The van der Waals surface area contributed by atoms with E-state index in [1.165, 1.54) is 44.9 Å². The second kappa shape index (κ2) is 9.09. The highest BCUT2D eigenvalue weighted by molar-refractivity contribution is 4.98. The Kier molecular flexibility index (Phi) is 7.65. The van der Waals surface area contributed by atoms with Crippen molar-refractivity contribution in [2.75, 3.05) is 0 Å². The zero-order valence-electron chi connectivity index (χ0n) is 11.9. The second-order valence-corrected chi connectivity index (χ2v) is 5.04. The zero-order valence-corrected chi connectivity index (χ0v) is 11.9. The highest BCUT2D eigenvalue weighted by Crippen LogP contribution is 2.10. The molecule has 0 aromatic carbocycles. The molecule has 2 N–H and O–H groups in total. The van der Waals surface area contributed by atoms with E-state index in [1.807, 2.05) is 10.9 Å². The summed E-state index contributed by atoms with van der Waals surface area (Å²) < 4.78 is 1.93. The van der Waals surface area contributed by atoms with Crippen molar-refractivity contribution in [3.63, 3.8) is 0 Å². The van der Waals surface area contributed by atoms with Gasteiger partial charge in [0.15, 0.2) is 0 Å². The zero-order chi connectivity index (χ0) is 13.2. The minimum absolute atomic E-state index is 0.0350. The molecule has 104 valence electrons. The standard InChI is InChI=1S/C14H28N4/c1-3-5-6-7-8-9-10-11-18-12-14(16-17-18)13(15)4-2/h12-13H,3-11,15H2,1-2H3. The Bertz CT molecular complexity index is 308. The van der Waals surface area contributed by atoms with E-state index in [2.05, 4.69) is 24.2 Å². The van der Waals surface area contributed by atoms with Crippen molar-refractivity contribution in [2.45, 2.75) is 77.8 Å². The lowest BCUT2D eigenvalue weighted by molar-refractivity contribution is 0.513. The van der Waals surface area contributed by atoms with Crippen molar-refractivity contribution in [1.29, 1.82) is 0 Å². The molecule has 0 aliphatic rings. The van der Waals surface area contributed by atoms with Crippen molar-refractivity contribution in [1.82, 2.24) is 15.0 Å². The Hall–Kier alpha value is -0.900. The van der Waals surface area contributed by atoms with Gasteiger partial charge in [-0.15, -0.1) is 5.10 Å². The highest BCUT2D eigenvalue weighted by Gasteiger charge is 2.07. The van der Waals surface area contributed by atoms with Crippen LogP contribution >= 0.6 is 0 Å². The third-order valence-electron chi connectivity index (χ3n) is 3.37. The first-order valence-corrected chi connectivity index (χ1v) is 7.43. The summed E-state index contributed by atoms with van der Waals surface area (Å²) in [6, 6.07) is 0.0350. The average molecular weight is 252 g/mol. The fraction of sp³-hybridized carbons (Fsp3) is 0.857. The summed E-state index contributed by atoms with van der Waals surface area (Å²) in [6.07, 6.45) is 12.2. The molecular formula is C14H28N4. The van der Waals surface area contributed by atoms with Crippen molar-refractivity contribution < 1.29 is 0 Å². The van der Waals surface area contributed by atoms with E-state index >= 15 is 0 Å². The van der Waals surface area contributed by atoms with Crippen LogP contribution in [0, 0.1) is 0 Å². The Balaban J connectivity index is 2.10. The summed E-state index contributed by atoms with van der Waals surface area (Å²) >= 11 is 0. The molecule has 1 atom stereocenters. The molecule has 1 unspecified atom stereocenters. The van der Waals surface area contributed by atoms with Crippen LogP contribution in [0.4, 0.5) is 0 Å². The number of unbranched alkanes of at least 4 members (excludes halogenated alkanes) is 6. The summed E-state index contributed by atoms with van der Waals surface area (Å²) in [4.78, 5) is 0. The van der Waals surface area contributed by atoms with Gasteiger partial charge in [0.25, 0.3) is 0 Å². The van der Waals surface area contributed by atoms with Gasteiger partial charge in [0.05, 0.1) is 17.9 Å². The molecule has 1 heterocycles. The highest BCUT2D eigenvalue weighted by atomic mass is 15.4. The SMILES string of the molecule is CCCCCCCCCn1cc(C(N)CC)nn1. The molecule has 0 spiro atoms. The molecule has 0 bridgehead atoms. The van der Waals surface area contributed by atoms with E-state index in [1.54, 1.807) is 0 Å². The topological polar surface area (TPSA) is 56.7 Å². The van der Waals surface area contributed by atoms with Gasteiger partial charge in [-0.2, -0.15) is 0 Å². The average Bonchev–Trinajstić information content (AvgIpc) is 2.85. The molecule has 4 heteroatoms. The fourth-order valence-electron chi connectivity index (χ4n) is 2.03. The van der Waals surface area contributed by atoms with Crippen LogP contribution in [0.5, 0.6) is 0 Å². The second-order valence-electron chi connectivity index (χ2n) is 5.04. The van der Waals surface area contributed by atoms with Crippen LogP contribution in [0.3, 0.4) is 0 Å². The van der Waals surface area contributed by atoms with Crippen molar-refractivity contribution in [2.24, 2.45) is 5.73 Å². The molecule has 4 nitrogen and oxygen atoms in total. The molecule has 0 amide bonds. The van der Waals surface area contributed by atoms with E-state index in [4.69, 9.17) is 5.73 Å². The van der Waals surface area contributed by atoms with Crippen LogP contribution in [0.25, 0.3) is 0 Å². The molecule has 0 saturated heterocycles. The minimum atomic E-state index is 0.0350. The smallest absolute Gasteiger partial charge is 0.0993 e. The third-order valence-corrected chi connectivity index (χ3v) is 3.37. The van der Waals surface area contributed by atoms with Crippen LogP contribution in [0.15, 0.2) is 6.20 Å². The molecule has 0 radical (unpaired) electrons. The molecule has 1 aromatic heterocycles. The van der Waals surface area contributed by atoms with E-state index in [-0.39, 0.29) is 6.04 Å². The van der Waals surface area contributed by atoms with Crippen molar-refractivity contribution in [3.8, 4) is 0 Å². The van der Waals surface area contributed by atoms with Crippen LogP contribution in [-0.2, 0) is 6.54 Å². The maximum atomic E-state index is 5.91. The Morgan fingerprint density at radius 3 is 2.44 bits per heavy atom. The molecule has 0 aliphatic carbocycles. The van der Waals surface area contributed by atoms with Crippen LogP contribution in [0.2, 0.25) is 0 Å². The number of aromatic nitrogens is 3. The van der Waals surface area contributed by atoms with Gasteiger partial charge in [-0.3, -0.25) is 4.68 Å². The molecule has 1 rings (SSSR count). The quantitative estimate of drug-likeness (QED) is 0.649. The Labute approximate surface area is 111 Å². The molecule has 0 aliphatic heterocycles. The van der Waals surface area contributed by atoms with Crippen LogP contribution < -0.4 is 5.73 Å². The van der Waals surface area contributed by atoms with Gasteiger partial charge in [0.2, 0.25) is 0 Å². The number of hydrogen-bond donors (Lipinski definition) is 1. The largest absolute Gasteiger partial charge is 0.323 e. The first-order chi connectivity index (χ1) is 8.77. The summed E-state index contributed by atoms with van der Waals surface area (Å²) in [6.45, 7) is 5.29. The van der Waals surface area contributed by atoms with Gasteiger partial charge in [0, 0.05) is 6.54 Å². The number of aryl methyl sites for hydroxylation is 1. The van der Waals surface area contributed by atoms with E-state index in [0.717, 1.165) is 18.7 Å². The lowest BCUT2D eigenvalue weighted by Crippen LogP contribution is -2.08. The predicted molar refractivity (Wildman–Crippen MR) is 75.2 cm³/mol. The van der Waals surface area contributed by atoms with Crippen molar-refractivity contribution >= 4 is 0 Å². The molecule has 1 aromatic rings. The normalized spacial score (nSPS) is 12.8. The first kappa shape index (κ1) is 15.2. The van der Waals surface area contributed by atoms with Gasteiger partial charge >= 0.3 is 0 Å². The molecular weight excluding hydrogens is 224 g/mol. The van der Waals surface area contributed by atoms with E-state index < -0.39 is 0 Å². The van der Waals surface area contributed by atoms with Gasteiger partial charge in [0.1, 0.15) is 0 Å². The summed E-state index contributed by atoms with van der Waals surface area (Å²) in [5.41, 5.74) is 6.83. The lowest BCUT2D eigenvalue weighted by Gasteiger charge is -2.02. The third kappa shape index (κ3) is 5.63. The van der Waals surface area contributed by atoms with Crippen LogP contribution in [0.1, 0.15) is 76.9 Å². The fourth-order valence-corrected chi connectivity index (χ4v) is 2.03. The minimum Gasteiger partial charge on any atom is -0.323 e. The number of rotatable bonds is 10. The lowest BCUT2D eigenvalue weighted by atomic mass is 10.1. The van der Waals surface area contributed by atoms with Crippen molar-refractivity contribution in [3.05, 3.63) is 11.9 Å². The van der Waals surface area contributed by atoms with Crippen LogP contribution in [-0.4, -0.2) is 15.0 Å². The van der Waals surface area contributed by atoms with Gasteiger partial charge < -0.3 is 5.73 Å². The van der Waals surface area contributed by atoms with E-state index in [0.29, 0.717) is 0 Å². The molecule has 18 heavy (non-hydrogen) atoms. The Morgan fingerprint density at radius 1 is 1.11 bits per heavy atom. The van der Waals surface area contributed by atoms with Gasteiger partial charge in [-0.1, -0.05) is 57.6 Å². The monoisotopic (exact) mass is 252 g/mol. The number of nitrogens with zero attached hydrogens (tertiary/aromatic N) is 3. The molecule has 0 fully saturated rings. The summed E-state index contributed by atoms with van der Waals surface area (Å²) in [5, 5.41) is 8.23. The van der Waals surface area contributed by atoms with Gasteiger partial charge in [-0.05, 0) is 12.8 Å². The maximum Gasteiger partial charge on any atom is 0.0993 e. The molecule has 0 saturated carbocycles. The summed E-state index contributed by atoms with van der Waals surface area (Å²) in [7, 11) is 0. The summed E-state index contributed by atoms with van der Waals surface area (Å²) in [5.74, 6) is 0. The van der Waals surface area contributed by atoms with E-state index in [9.17, 15) is 0 Å². The predicted octanol–water partition coefficient (Wildman–Crippen LogP) is 3.44. The van der Waals surface area contributed by atoms with Gasteiger partial charge in [-0.25, -0.2) is 0 Å². The maximum absolute atomic E-state index is 5.91.